The van der Waals surface area contributed by atoms with Gasteiger partial charge in [-0.05, 0) is 49.1 Å². The third kappa shape index (κ3) is 8.02. The van der Waals surface area contributed by atoms with Crippen molar-refractivity contribution in [3.8, 4) is 11.5 Å². The van der Waals surface area contributed by atoms with Crippen molar-refractivity contribution in [2.45, 2.75) is 38.0 Å². The number of hydrogen-bond acceptors (Lipinski definition) is 5. The largest absolute Gasteiger partial charge is 0.493 e. The Morgan fingerprint density at radius 1 is 1.11 bits per heavy atom. The van der Waals surface area contributed by atoms with Gasteiger partial charge in [-0.25, -0.2) is 0 Å². The molecule has 0 aliphatic carbocycles. The fraction of sp³-hybridized carbons (Fsp3) is 0.480. The van der Waals surface area contributed by atoms with Crippen molar-refractivity contribution in [1.82, 2.24) is 4.90 Å². The first-order chi connectivity index (χ1) is 16.7. The Balaban J connectivity index is 1.48. The summed E-state index contributed by atoms with van der Waals surface area (Å²) in [5.41, 5.74) is 0.183. The molecule has 10 heteroatoms. The lowest BCUT2D eigenvalue weighted by atomic mass is 10.1. The highest BCUT2D eigenvalue weighted by atomic mass is 35.5. The number of carbonyl (C=O) groups is 1. The van der Waals surface area contributed by atoms with Crippen molar-refractivity contribution in [2.24, 2.45) is 0 Å². The lowest BCUT2D eigenvalue weighted by molar-refractivity contribution is -0.137. The molecule has 1 aliphatic rings. The number of rotatable bonds is 10. The van der Waals surface area contributed by atoms with E-state index in [0.29, 0.717) is 35.5 Å². The Kier molecular flexibility index (Phi) is 9.65. The summed E-state index contributed by atoms with van der Waals surface area (Å²) in [6.07, 6.45) is -1.83. The fourth-order valence-corrected chi connectivity index (χ4v) is 4.19. The molecule has 0 spiro atoms. The molecule has 0 radical (unpaired) electrons. The molecule has 1 fully saturated rings. The Hall–Kier alpha value is -2.49. The molecule has 2 aromatic rings. The number of piperidine rings is 1. The minimum atomic E-state index is -4.46. The molecule has 1 aliphatic heterocycles. The van der Waals surface area contributed by atoms with Gasteiger partial charge in [-0.2, -0.15) is 13.2 Å². The smallest absolute Gasteiger partial charge is 0.416 e. The van der Waals surface area contributed by atoms with Gasteiger partial charge < -0.3 is 19.5 Å². The lowest BCUT2D eigenvalue weighted by Gasteiger charge is -2.31. The number of likely N-dealkylation sites (tertiary alicyclic amines) is 1. The average Bonchev–Trinajstić information content (AvgIpc) is 2.83. The maximum atomic E-state index is 12.8. The molecule has 0 unspecified atom stereocenters. The van der Waals surface area contributed by atoms with Crippen LogP contribution in [0.25, 0.3) is 0 Å². The highest BCUT2D eigenvalue weighted by Gasteiger charge is 2.30. The van der Waals surface area contributed by atoms with Crippen molar-refractivity contribution < 1.29 is 32.2 Å². The van der Waals surface area contributed by atoms with Crippen LogP contribution in [0.5, 0.6) is 11.5 Å². The van der Waals surface area contributed by atoms with Crippen LogP contribution < -0.4 is 14.8 Å². The molecule has 0 atom stereocenters. The number of ether oxygens (including phenoxy) is 3. The number of halogens is 4. The molecule has 1 saturated heterocycles. The standard InChI is InChI=1S/C25H30ClF3N2O4/c1-33-20-9-11-31(12-10-20)13-14-35-22-7-6-19(16-23(22)34-2)30-24(32)8-4-17-3-5-18(15-21(17)26)25(27,28)29/h3,5-7,15-16,20H,4,8-14H2,1-2H3,(H,30,32). The number of alkyl halides is 3. The van der Waals surface area contributed by atoms with Crippen molar-refractivity contribution in [1.29, 1.82) is 0 Å². The first kappa shape index (κ1) is 27.1. The van der Waals surface area contributed by atoms with Gasteiger partial charge in [0.15, 0.2) is 11.5 Å². The minimum absolute atomic E-state index is 0.0149. The van der Waals surface area contributed by atoms with E-state index >= 15 is 0 Å². The molecule has 192 valence electrons. The van der Waals surface area contributed by atoms with E-state index in [-0.39, 0.29) is 23.8 Å². The molecule has 1 heterocycles. The number of nitrogens with zero attached hydrogens (tertiary/aromatic N) is 1. The van der Waals surface area contributed by atoms with Crippen LogP contribution >= 0.6 is 11.6 Å². The predicted octanol–water partition coefficient (Wildman–Crippen LogP) is 5.43. The van der Waals surface area contributed by atoms with E-state index in [0.717, 1.165) is 44.6 Å². The SMILES string of the molecule is COc1cc(NC(=O)CCc2ccc(C(F)(F)F)cc2Cl)ccc1OCCN1CCC(OC)CC1. The highest BCUT2D eigenvalue weighted by molar-refractivity contribution is 6.31. The van der Waals surface area contributed by atoms with Crippen LogP contribution in [-0.4, -0.2) is 57.4 Å². The first-order valence-corrected chi connectivity index (χ1v) is 11.8. The van der Waals surface area contributed by atoms with Crippen molar-refractivity contribution in [3.63, 3.8) is 0 Å². The predicted molar refractivity (Wildman–Crippen MR) is 128 cm³/mol. The number of methoxy groups -OCH3 is 2. The number of anilines is 1. The number of hydrogen-bond donors (Lipinski definition) is 1. The zero-order valence-corrected chi connectivity index (χ0v) is 20.5. The highest BCUT2D eigenvalue weighted by Crippen LogP contribution is 2.33. The van der Waals surface area contributed by atoms with Gasteiger partial charge in [0.05, 0.1) is 18.8 Å². The zero-order valence-electron chi connectivity index (χ0n) is 19.8. The maximum Gasteiger partial charge on any atom is 0.416 e. The van der Waals surface area contributed by atoms with Crippen LogP contribution in [0.4, 0.5) is 18.9 Å². The minimum Gasteiger partial charge on any atom is -0.493 e. The van der Waals surface area contributed by atoms with Gasteiger partial charge >= 0.3 is 6.18 Å². The molecule has 1 amide bonds. The molecule has 0 saturated carbocycles. The quantitative estimate of drug-likeness (QED) is 0.458. The summed E-state index contributed by atoms with van der Waals surface area (Å²) in [6, 6.07) is 8.25. The van der Waals surface area contributed by atoms with Crippen molar-refractivity contribution in [3.05, 3.63) is 52.5 Å². The van der Waals surface area contributed by atoms with E-state index in [1.165, 1.54) is 13.2 Å². The molecular weight excluding hydrogens is 485 g/mol. The third-order valence-corrected chi connectivity index (χ3v) is 6.33. The van der Waals surface area contributed by atoms with E-state index in [9.17, 15) is 18.0 Å². The molecule has 0 aromatic heterocycles. The molecule has 0 bridgehead atoms. The van der Waals surface area contributed by atoms with Gasteiger partial charge in [0.1, 0.15) is 6.61 Å². The van der Waals surface area contributed by atoms with Gasteiger partial charge in [0.2, 0.25) is 5.91 Å². The van der Waals surface area contributed by atoms with Crippen molar-refractivity contribution in [2.75, 3.05) is 45.8 Å². The number of amides is 1. The summed E-state index contributed by atoms with van der Waals surface area (Å²) in [7, 11) is 3.27. The van der Waals surface area contributed by atoms with Crippen LogP contribution in [0.15, 0.2) is 36.4 Å². The fourth-order valence-electron chi connectivity index (χ4n) is 3.92. The van der Waals surface area contributed by atoms with Crippen LogP contribution in [0.2, 0.25) is 5.02 Å². The van der Waals surface area contributed by atoms with E-state index < -0.39 is 11.7 Å². The van der Waals surface area contributed by atoms with Gasteiger partial charge in [-0.15, -0.1) is 0 Å². The Labute approximate surface area is 208 Å². The zero-order chi connectivity index (χ0) is 25.4. The second-order valence-electron chi connectivity index (χ2n) is 8.34. The summed E-state index contributed by atoms with van der Waals surface area (Å²) in [5, 5.41) is 2.75. The molecule has 35 heavy (non-hydrogen) atoms. The molecular formula is C25H30ClF3N2O4. The van der Waals surface area contributed by atoms with Crippen LogP contribution in [0, 0.1) is 0 Å². The Bertz CT molecular complexity index is 995. The number of carbonyl (C=O) groups excluding carboxylic acids is 1. The van der Waals surface area contributed by atoms with Gasteiger partial charge in [0.25, 0.3) is 0 Å². The van der Waals surface area contributed by atoms with E-state index in [2.05, 4.69) is 10.2 Å². The number of aryl methyl sites for hydroxylation is 1. The Morgan fingerprint density at radius 3 is 2.49 bits per heavy atom. The summed E-state index contributed by atoms with van der Waals surface area (Å²) < 4.78 is 55.0. The van der Waals surface area contributed by atoms with Gasteiger partial charge in [-0.3, -0.25) is 9.69 Å². The van der Waals surface area contributed by atoms with Crippen molar-refractivity contribution >= 4 is 23.2 Å². The summed E-state index contributed by atoms with van der Waals surface area (Å²) in [6.45, 7) is 3.25. The van der Waals surface area contributed by atoms with Gasteiger partial charge in [-0.1, -0.05) is 17.7 Å². The average molecular weight is 515 g/mol. The van der Waals surface area contributed by atoms with Crippen LogP contribution in [0.1, 0.15) is 30.4 Å². The number of benzene rings is 2. The molecule has 6 nitrogen and oxygen atoms in total. The van der Waals surface area contributed by atoms with E-state index in [1.807, 2.05) is 0 Å². The van der Waals surface area contributed by atoms with E-state index in [4.69, 9.17) is 25.8 Å². The third-order valence-electron chi connectivity index (χ3n) is 5.98. The second-order valence-corrected chi connectivity index (χ2v) is 8.75. The van der Waals surface area contributed by atoms with E-state index in [1.54, 1.807) is 25.3 Å². The van der Waals surface area contributed by atoms with Gasteiger partial charge in [0, 0.05) is 49.9 Å². The normalized spacial score (nSPS) is 15.1. The molecule has 1 N–H and O–H groups in total. The maximum absolute atomic E-state index is 12.8. The molecule has 3 rings (SSSR count). The van der Waals surface area contributed by atoms with Crippen LogP contribution in [-0.2, 0) is 22.1 Å². The molecule has 2 aromatic carbocycles. The second kappa shape index (κ2) is 12.5. The first-order valence-electron chi connectivity index (χ1n) is 11.4. The summed E-state index contributed by atoms with van der Waals surface area (Å²) >= 11 is 5.97. The topological polar surface area (TPSA) is 60.0 Å². The Morgan fingerprint density at radius 2 is 1.86 bits per heavy atom. The number of nitrogens with one attached hydrogen (secondary N) is 1. The monoisotopic (exact) mass is 514 g/mol. The summed E-state index contributed by atoms with van der Waals surface area (Å²) in [5.74, 6) is 0.775. The van der Waals surface area contributed by atoms with Crippen LogP contribution in [0.3, 0.4) is 0 Å². The lowest BCUT2D eigenvalue weighted by Crippen LogP contribution is -2.38. The summed E-state index contributed by atoms with van der Waals surface area (Å²) in [4.78, 5) is 14.7.